The topological polar surface area (TPSA) is 77.3 Å². The lowest BCUT2D eigenvalue weighted by atomic mass is 10.2. The van der Waals surface area contributed by atoms with Crippen molar-refractivity contribution >= 4 is 15.5 Å². The molecule has 0 amide bonds. The fourth-order valence-corrected chi connectivity index (χ4v) is 2.48. The van der Waals surface area contributed by atoms with Gasteiger partial charge in [-0.25, -0.2) is 8.42 Å². The highest BCUT2D eigenvalue weighted by molar-refractivity contribution is 7.90. The molecule has 1 rings (SSSR count). The molecule has 0 aliphatic heterocycles. The Bertz CT molecular complexity index is 551. The van der Waals surface area contributed by atoms with Crippen molar-refractivity contribution in [3.05, 3.63) is 65.3 Å². The van der Waals surface area contributed by atoms with Gasteiger partial charge in [0.1, 0.15) is 0 Å². The SMILES string of the molecule is C=CC.C=CCS(=O)(=O)Cc1ccccc1[N+](=O)[O-].CC. The predicted octanol–water partition coefficient (Wildman–Crippen LogP) is 3.91. The summed E-state index contributed by atoms with van der Waals surface area (Å²) in [7, 11) is -3.36. The summed E-state index contributed by atoms with van der Waals surface area (Å²) < 4.78 is 23.0. The van der Waals surface area contributed by atoms with E-state index in [2.05, 4.69) is 13.2 Å². The van der Waals surface area contributed by atoms with E-state index in [1.807, 2.05) is 20.8 Å². The summed E-state index contributed by atoms with van der Waals surface area (Å²) >= 11 is 0. The second-order valence-electron chi connectivity index (χ2n) is 3.64. The highest BCUT2D eigenvalue weighted by Gasteiger charge is 2.18. The number of nitrogens with zero attached hydrogens (tertiary/aromatic N) is 1. The van der Waals surface area contributed by atoms with Gasteiger partial charge in [-0.1, -0.05) is 44.2 Å². The zero-order valence-electron chi connectivity index (χ0n) is 12.8. The second-order valence-corrected chi connectivity index (χ2v) is 5.75. The van der Waals surface area contributed by atoms with Gasteiger partial charge in [0.2, 0.25) is 0 Å². The van der Waals surface area contributed by atoms with Crippen molar-refractivity contribution in [2.45, 2.75) is 26.5 Å². The molecule has 0 aliphatic carbocycles. The number of para-hydroxylation sites is 1. The van der Waals surface area contributed by atoms with Crippen molar-refractivity contribution in [3.8, 4) is 0 Å². The minimum Gasteiger partial charge on any atom is -0.258 e. The van der Waals surface area contributed by atoms with Gasteiger partial charge < -0.3 is 0 Å². The molecule has 1 aromatic carbocycles. The Morgan fingerprint density at radius 3 is 2.14 bits per heavy atom. The molecule has 6 heteroatoms. The summed E-state index contributed by atoms with van der Waals surface area (Å²) in [6.07, 6.45) is 3.02. The molecule has 0 aromatic heterocycles. The number of hydrogen-bond acceptors (Lipinski definition) is 4. The van der Waals surface area contributed by atoms with Crippen molar-refractivity contribution in [1.29, 1.82) is 0 Å². The van der Waals surface area contributed by atoms with Crippen molar-refractivity contribution in [3.63, 3.8) is 0 Å². The molecule has 21 heavy (non-hydrogen) atoms. The largest absolute Gasteiger partial charge is 0.273 e. The van der Waals surface area contributed by atoms with Crippen LogP contribution in [0.15, 0.2) is 49.6 Å². The van der Waals surface area contributed by atoms with E-state index >= 15 is 0 Å². The van der Waals surface area contributed by atoms with Gasteiger partial charge in [0.25, 0.3) is 5.69 Å². The Balaban J connectivity index is 0. The number of benzene rings is 1. The summed E-state index contributed by atoms with van der Waals surface area (Å²) in [4.78, 5) is 10.1. The molecule has 0 heterocycles. The molecule has 5 nitrogen and oxygen atoms in total. The van der Waals surface area contributed by atoms with Crippen LogP contribution in [0.3, 0.4) is 0 Å². The minimum absolute atomic E-state index is 0.171. The summed E-state index contributed by atoms with van der Waals surface area (Å²) in [5, 5.41) is 10.7. The smallest absolute Gasteiger partial charge is 0.258 e. The first-order valence-electron chi connectivity index (χ1n) is 6.48. The molecule has 0 unspecified atom stereocenters. The summed E-state index contributed by atoms with van der Waals surface area (Å²) in [6.45, 7) is 12.6. The van der Waals surface area contributed by atoms with Crippen molar-refractivity contribution in [2.24, 2.45) is 0 Å². The minimum atomic E-state index is -3.36. The van der Waals surface area contributed by atoms with E-state index < -0.39 is 14.8 Å². The van der Waals surface area contributed by atoms with Gasteiger partial charge >= 0.3 is 0 Å². The molecule has 0 atom stereocenters. The van der Waals surface area contributed by atoms with Crippen LogP contribution < -0.4 is 0 Å². The van der Waals surface area contributed by atoms with E-state index in [4.69, 9.17) is 0 Å². The zero-order chi connectivity index (χ0) is 16.9. The van der Waals surface area contributed by atoms with Gasteiger partial charge in [0.15, 0.2) is 9.84 Å². The standard InChI is InChI=1S/C10H11NO4S.C3H6.C2H6/c1-2-7-16(14,15)8-9-5-3-4-6-10(9)11(12)13;1-3-2;1-2/h2-6H,1,7-8H2;3H,1H2,2H3;1-2H3. The first-order chi connectivity index (χ1) is 9.87. The average molecular weight is 313 g/mol. The number of sulfone groups is 1. The van der Waals surface area contributed by atoms with Crippen molar-refractivity contribution in [2.75, 3.05) is 5.75 Å². The van der Waals surface area contributed by atoms with Crippen LogP contribution in [-0.2, 0) is 15.6 Å². The maximum Gasteiger partial charge on any atom is 0.273 e. The highest BCUT2D eigenvalue weighted by atomic mass is 32.2. The number of nitro groups is 1. The predicted molar refractivity (Wildman–Crippen MR) is 88.0 cm³/mol. The monoisotopic (exact) mass is 313 g/mol. The number of rotatable bonds is 5. The molecule has 0 saturated carbocycles. The Labute approximate surface area is 127 Å². The van der Waals surface area contributed by atoms with Crippen LogP contribution >= 0.6 is 0 Å². The molecule has 118 valence electrons. The maximum absolute atomic E-state index is 11.5. The summed E-state index contributed by atoms with van der Waals surface area (Å²) in [6, 6.07) is 5.81. The molecule has 0 aliphatic rings. The van der Waals surface area contributed by atoms with Gasteiger partial charge in [0.05, 0.1) is 16.4 Å². The van der Waals surface area contributed by atoms with E-state index in [1.54, 1.807) is 12.1 Å². The fourth-order valence-electron chi connectivity index (χ4n) is 1.29. The van der Waals surface area contributed by atoms with Crippen LogP contribution in [0.25, 0.3) is 0 Å². The van der Waals surface area contributed by atoms with Crippen LogP contribution in [0.1, 0.15) is 26.3 Å². The fraction of sp³-hybridized carbons (Fsp3) is 0.333. The lowest BCUT2D eigenvalue weighted by Crippen LogP contribution is -2.08. The molecule has 0 saturated heterocycles. The van der Waals surface area contributed by atoms with Gasteiger partial charge in [-0.2, -0.15) is 0 Å². The third-order valence-electron chi connectivity index (χ3n) is 1.94. The van der Waals surface area contributed by atoms with Gasteiger partial charge in [0, 0.05) is 11.6 Å². The Kier molecular flexibility index (Phi) is 12.0. The molecule has 0 bridgehead atoms. The molecule has 0 spiro atoms. The zero-order valence-corrected chi connectivity index (χ0v) is 13.6. The van der Waals surface area contributed by atoms with E-state index in [-0.39, 0.29) is 22.8 Å². The van der Waals surface area contributed by atoms with Crippen LogP contribution in [0.4, 0.5) is 5.69 Å². The summed E-state index contributed by atoms with van der Waals surface area (Å²) in [5.41, 5.74) is 0.0319. The third kappa shape index (κ3) is 9.56. The van der Waals surface area contributed by atoms with E-state index in [9.17, 15) is 18.5 Å². The Morgan fingerprint density at radius 2 is 1.71 bits per heavy atom. The van der Waals surface area contributed by atoms with E-state index in [0.717, 1.165) is 0 Å². The number of hydrogen-bond donors (Lipinski definition) is 0. The van der Waals surface area contributed by atoms with E-state index in [0.29, 0.717) is 0 Å². The molecule has 0 fully saturated rings. The Hall–Kier alpha value is -1.95. The quantitative estimate of drug-likeness (QED) is 0.469. The molecular formula is C15H23NO4S. The lowest BCUT2D eigenvalue weighted by Gasteiger charge is -2.02. The summed E-state index contributed by atoms with van der Waals surface area (Å²) in [5.74, 6) is -0.519. The highest BCUT2D eigenvalue weighted by Crippen LogP contribution is 2.20. The van der Waals surface area contributed by atoms with Crippen molar-refractivity contribution in [1.82, 2.24) is 0 Å². The van der Waals surface area contributed by atoms with Crippen LogP contribution in [0.2, 0.25) is 0 Å². The molecular weight excluding hydrogens is 290 g/mol. The third-order valence-corrected chi connectivity index (χ3v) is 3.43. The molecule has 1 aromatic rings. The second kappa shape index (κ2) is 11.8. The number of nitro benzene ring substituents is 1. The van der Waals surface area contributed by atoms with Crippen LogP contribution in [0.5, 0.6) is 0 Å². The van der Waals surface area contributed by atoms with E-state index in [1.165, 1.54) is 24.3 Å². The van der Waals surface area contributed by atoms with Crippen LogP contribution in [0, 0.1) is 10.1 Å². The maximum atomic E-state index is 11.5. The number of allylic oxidation sites excluding steroid dienone is 1. The van der Waals surface area contributed by atoms with Gasteiger partial charge in [-0.3, -0.25) is 10.1 Å². The first-order valence-corrected chi connectivity index (χ1v) is 8.30. The molecule has 0 N–H and O–H groups in total. The average Bonchev–Trinajstić information content (AvgIpc) is 2.41. The van der Waals surface area contributed by atoms with Gasteiger partial charge in [-0.05, 0) is 6.92 Å². The lowest BCUT2D eigenvalue weighted by molar-refractivity contribution is -0.385. The van der Waals surface area contributed by atoms with Crippen molar-refractivity contribution < 1.29 is 13.3 Å². The van der Waals surface area contributed by atoms with Crippen LogP contribution in [-0.4, -0.2) is 19.1 Å². The Morgan fingerprint density at radius 1 is 1.24 bits per heavy atom. The van der Waals surface area contributed by atoms with Gasteiger partial charge in [-0.15, -0.1) is 13.2 Å². The normalized spacial score (nSPS) is 9.29. The first kappa shape index (κ1) is 21.4. The molecule has 0 radical (unpaired) electrons.